The Kier molecular flexibility index (Phi) is 4.91. The van der Waals surface area contributed by atoms with E-state index < -0.39 is 0 Å². The molecular weight excluding hydrogens is 243 g/mol. The molecule has 0 spiro atoms. The van der Waals surface area contributed by atoms with Crippen LogP contribution in [0.2, 0.25) is 0 Å². The van der Waals surface area contributed by atoms with Crippen LogP contribution in [0, 0.1) is 11.7 Å². The number of carbonyl (C=O) groups is 1. The van der Waals surface area contributed by atoms with E-state index in [1.807, 2.05) is 17.0 Å². The molecule has 3 nitrogen and oxygen atoms in total. The molecule has 0 unspecified atom stereocenters. The molecule has 19 heavy (non-hydrogen) atoms. The number of hydrogen-bond donors (Lipinski definition) is 1. The zero-order valence-electron chi connectivity index (χ0n) is 11.1. The van der Waals surface area contributed by atoms with Crippen LogP contribution >= 0.6 is 0 Å². The molecule has 104 valence electrons. The Balaban J connectivity index is 1.86. The van der Waals surface area contributed by atoms with Gasteiger partial charge in [-0.05, 0) is 43.2 Å². The van der Waals surface area contributed by atoms with Gasteiger partial charge in [-0.3, -0.25) is 4.79 Å². The summed E-state index contributed by atoms with van der Waals surface area (Å²) >= 11 is 0. The van der Waals surface area contributed by atoms with Crippen LogP contribution < -0.4 is 5.73 Å². The zero-order valence-corrected chi connectivity index (χ0v) is 11.1. The molecule has 0 aliphatic carbocycles. The van der Waals surface area contributed by atoms with Gasteiger partial charge >= 0.3 is 0 Å². The van der Waals surface area contributed by atoms with Crippen molar-refractivity contribution in [3.8, 4) is 0 Å². The number of aryl methyl sites for hydroxylation is 1. The highest BCUT2D eigenvalue weighted by molar-refractivity contribution is 5.78. The maximum Gasteiger partial charge on any atom is 0.236 e. The molecule has 1 aliphatic heterocycles. The van der Waals surface area contributed by atoms with Crippen molar-refractivity contribution in [3.63, 3.8) is 0 Å². The molecule has 0 bridgehead atoms. The van der Waals surface area contributed by atoms with E-state index in [9.17, 15) is 9.18 Å². The number of halogens is 1. The highest BCUT2D eigenvalue weighted by Crippen LogP contribution is 2.22. The van der Waals surface area contributed by atoms with Gasteiger partial charge in [-0.2, -0.15) is 0 Å². The first-order valence-corrected chi connectivity index (χ1v) is 6.92. The van der Waals surface area contributed by atoms with E-state index in [1.165, 1.54) is 6.07 Å². The summed E-state index contributed by atoms with van der Waals surface area (Å²) in [6.07, 6.45) is 3.80. The van der Waals surface area contributed by atoms with Crippen LogP contribution in [0.15, 0.2) is 24.3 Å². The summed E-state index contributed by atoms with van der Waals surface area (Å²) in [4.78, 5) is 13.4. The van der Waals surface area contributed by atoms with E-state index in [4.69, 9.17) is 5.73 Å². The summed E-state index contributed by atoms with van der Waals surface area (Å²) in [5.74, 6) is 0.354. The normalized spacial score (nSPS) is 19.5. The monoisotopic (exact) mass is 264 g/mol. The van der Waals surface area contributed by atoms with Gasteiger partial charge in [0, 0.05) is 13.1 Å². The fraction of sp³-hybridized carbons (Fsp3) is 0.533. The molecule has 0 radical (unpaired) electrons. The Morgan fingerprint density at radius 1 is 1.42 bits per heavy atom. The molecule has 1 aromatic rings. The second kappa shape index (κ2) is 6.66. The van der Waals surface area contributed by atoms with Crippen molar-refractivity contribution in [1.29, 1.82) is 0 Å². The first-order chi connectivity index (χ1) is 9.20. The molecule has 1 aliphatic rings. The number of nitrogens with zero attached hydrogens (tertiary/aromatic N) is 1. The van der Waals surface area contributed by atoms with Crippen LogP contribution in [-0.4, -0.2) is 30.4 Å². The minimum Gasteiger partial charge on any atom is -0.341 e. The summed E-state index contributed by atoms with van der Waals surface area (Å²) < 4.78 is 13.5. The van der Waals surface area contributed by atoms with Crippen LogP contribution in [0.1, 0.15) is 24.8 Å². The van der Waals surface area contributed by atoms with E-state index >= 15 is 0 Å². The number of rotatable bonds is 4. The highest BCUT2D eigenvalue weighted by Gasteiger charge is 2.22. The quantitative estimate of drug-likeness (QED) is 0.903. The van der Waals surface area contributed by atoms with E-state index in [0.717, 1.165) is 44.3 Å². The lowest BCUT2D eigenvalue weighted by atomic mass is 9.91. The van der Waals surface area contributed by atoms with Gasteiger partial charge in [0.2, 0.25) is 5.91 Å². The molecule has 1 atom stereocenters. The van der Waals surface area contributed by atoms with E-state index in [2.05, 4.69) is 0 Å². The lowest BCUT2D eigenvalue weighted by molar-refractivity contribution is -0.131. The van der Waals surface area contributed by atoms with Gasteiger partial charge in [-0.25, -0.2) is 4.39 Å². The van der Waals surface area contributed by atoms with Crippen LogP contribution in [0.3, 0.4) is 0 Å². The summed E-state index contributed by atoms with van der Waals surface area (Å²) in [7, 11) is 0. The number of benzene rings is 1. The van der Waals surface area contributed by atoms with Crippen molar-refractivity contribution in [2.24, 2.45) is 11.7 Å². The van der Waals surface area contributed by atoms with Crippen LogP contribution in [-0.2, 0) is 11.2 Å². The van der Waals surface area contributed by atoms with Crippen molar-refractivity contribution < 1.29 is 9.18 Å². The van der Waals surface area contributed by atoms with Crippen LogP contribution in [0.5, 0.6) is 0 Å². The Labute approximate surface area is 113 Å². The third kappa shape index (κ3) is 3.77. The van der Waals surface area contributed by atoms with Crippen molar-refractivity contribution in [2.75, 3.05) is 19.6 Å². The number of nitrogens with two attached hydrogens (primary N) is 1. The fourth-order valence-electron chi connectivity index (χ4n) is 2.72. The predicted molar refractivity (Wildman–Crippen MR) is 73.1 cm³/mol. The Bertz CT molecular complexity index is 436. The highest BCUT2D eigenvalue weighted by atomic mass is 19.1. The largest absolute Gasteiger partial charge is 0.341 e. The van der Waals surface area contributed by atoms with Gasteiger partial charge in [0.1, 0.15) is 5.82 Å². The molecular formula is C15H21FN2O. The standard InChI is InChI=1S/C15H21FN2O/c16-14-6-2-1-5-13(14)8-7-12-4-3-9-18(11-12)15(19)10-17/h1-2,5-6,12H,3-4,7-11,17H2/t12-/m1/s1. The second-order valence-corrected chi connectivity index (χ2v) is 5.18. The van der Waals surface area contributed by atoms with Gasteiger partial charge in [-0.1, -0.05) is 18.2 Å². The third-order valence-electron chi connectivity index (χ3n) is 3.83. The van der Waals surface area contributed by atoms with Gasteiger partial charge < -0.3 is 10.6 Å². The molecule has 1 amide bonds. The van der Waals surface area contributed by atoms with Gasteiger partial charge in [-0.15, -0.1) is 0 Å². The smallest absolute Gasteiger partial charge is 0.236 e. The zero-order chi connectivity index (χ0) is 13.7. The molecule has 1 aromatic carbocycles. The van der Waals surface area contributed by atoms with Gasteiger partial charge in [0.15, 0.2) is 0 Å². The SMILES string of the molecule is NCC(=O)N1CCC[C@H](CCc2ccccc2F)C1. The van der Waals surface area contributed by atoms with Crippen LogP contribution in [0.4, 0.5) is 4.39 Å². The summed E-state index contributed by atoms with van der Waals surface area (Å²) in [5, 5.41) is 0. The van der Waals surface area contributed by atoms with Gasteiger partial charge in [0.05, 0.1) is 6.54 Å². The molecule has 0 aromatic heterocycles. The topological polar surface area (TPSA) is 46.3 Å². The minimum absolute atomic E-state index is 0.0237. The van der Waals surface area contributed by atoms with Crippen molar-refractivity contribution >= 4 is 5.91 Å². The molecule has 2 N–H and O–H groups in total. The fourth-order valence-corrected chi connectivity index (χ4v) is 2.72. The number of carbonyl (C=O) groups excluding carboxylic acids is 1. The number of amides is 1. The lowest BCUT2D eigenvalue weighted by Crippen LogP contribution is -2.43. The maximum absolute atomic E-state index is 13.5. The molecule has 1 saturated heterocycles. The average molecular weight is 264 g/mol. The summed E-state index contributed by atoms with van der Waals surface area (Å²) in [5.41, 5.74) is 6.16. The molecule has 0 saturated carbocycles. The van der Waals surface area contributed by atoms with Crippen LogP contribution in [0.25, 0.3) is 0 Å². The number of piperidine rings is 1. The first-order valence-electron chi connectivity index (χ1n) is 6.92. The lowest BCUT2D eigenvalue weighted by Gasteiger charge is -2.32. The average Bonchev–Trinajstić information content (AvgIpc) is 2.46. The van der Waals surface area contributed by atoms with E-state index in [0.29, 0.717) is 5.92 Å². The molecule has 2 rings (SSSR count). The predicted octanol–water partition coefficient (Wildman–Crippen LogP) is 1.96. The minimum atomic E-state index is -0.131. The van der Waals surface area contributed by atoms with Crippen molar-refractivity contribution in [1.82, 2.24) is 4.90 Å². The number of likely N-dealkylation sites (tertiary alicyclic amines) is 1. The van der Waals surface area contributed by atoms with E-state index in [1.54, 1.807) is 6.07 Å². The first kappa shape index (κ1) is 14.0. The van der Waals surface area contributed by atoms with E-state index in [-0.39, 0.29) is 18.3 Å². The second-order valence-electron chi connectivity index (χ2n) is 5.18. The summed E-state index contributed by atoms with van der Waals surface area (Å²) in [6.45, 7) is 1.66. The van der Waals surface area contributed by atoms with Crippen molar-refractivity contribution in [3.05, 3.63) is 35.6 Å². The molecule has 1 fully saturated rings. The Morgan fingerprint density at radius 2 is 2.21 bits per heavy atom. The molecule has 4 heteroatoms. The Hall–Kier alpha value is -1.42. The molecule has 1 heterocycles. The maximum atomic E-state index is 13.5. The summed E-state index contributed by atoms with van der Waals surface area (Å²) in [6, 6.07) is 6.91. The van der Waals surface area contributed by atoms with Crippen molar-refractivity contribution in [2.45, 2.75) is 25.7 Å². The van der Waals surface area contributed by atoms with Gasteiger partial charge in [0.25, 0.3) is 0 Å². The number of hydrogen-bond acceptors (Lipinski definition) is 2. The third-order valence-corrected chi connectivity index (χ3v) is 3.83. The Morgan fingerprint density at radius 3 is 2.95 bits per heavy atom.